The van der Waals surface area contributed by atoms with Crippen molar-refractivity contribution in [2.45, 2.75) is 43.9 Å². The molecule has 2 unspecified atom stereocenters. The summed E-state index contributed by atoms with van der Waals surface area (Å²) in [6.07, 6.45) is 5.21. The molecule has 1 aromatic heterocycles. The summed E-state index contributed by atoms with van der Waals surface area (Å²) in [5.41, 5.74) is 0.526. The molecule has 0 aliphatic carbocycles. The van der Waals surface area contributed by atoms with E-state index in [0.29, 0.717) is 17.6 Å². The maximum absolute atomic E-state index is 11.6. The lowest BCUT2D eigenvalue weighted by Crippen LogP contribution is -2.45. The number of rotatable bonds is 2. The van der Waals surface area contributed by atoms with Crippen LogP contribution in [0.25, 0.3) is 0 Å². The quantitative estimate of drug-likeness (QED) is 0.815. The number of anilines is 1. The molecule has 2 aliphatic rings. The molecule has 2 fully saturated rings. The maximum atomic E-state index is 11.6. The van der Waals surface area contributed by atoms with Gasteiger partial charge in [0, 0.05) is 18.3 Å². The van der Waals surface area contributed by atoms with Gasteiger partial charge in [-0.05, 0) is 37.8 Å². The Morgan fingerprint density at radius 3 is 2.74 bits per heavy atom. The van der Waals surface area contributed by atoms with Gasteiger partial charge in [-0.3, -0.25) is 0 Å². The molecule has 1 N–H and O–H groups in total. The number of aliphatic hydroxyl groups excluding tert-OH is 1. The number of methoxy groups -OCH3 is 1. The van der Waals surface area contributed by atoms with Crippen molar-refractivity contribution in [3.8, 4) is 0 Å². The smallest absolute Gasteiger partial charge is 0.338 e. The lowest BCUT2D eigenvalue weighted by Gasteiger charge is -2.38. The lowest BCUT2D eigenvalue weighted by molar-refractivity contribution is 0.0600. The fourth-order valence-electron chi connectivity index (χ4n) is 3.33. The highest BCUT2D eigenvalue weighted by Crippen LogP contribution is 2.38. The number of aromatic nitrogens is 1. The third kappa shape index (κ3) is 2.18. The van der Waals surface area contributed by atoms with Gasteiger partial charge in [-0.15, -0.1) is 0 Å². The first-order chi connectivity index (χ1) is 9.19. The average Bonchev–Trinajstić information content (AvgIpc) is 2.70. The van der Waals surface area contributed by atoms with E-state index in [1.165, 1.54) is 7.11 Å². The summed E-state index contributed by atoms with van der Waals surface area (Å²) >= 11 is 0. The molecule has 0 saturated carbocycles. The van der Waals surface area contributed by atoms with Crippen LogP contribution in [0.15, 0.2) is 18.3 Å². The van der Waals surface area contributed by atoms with Gasteiger partial charge < -0.3 is 14.7 Å². The zero-order valence-electron chi connectivity index (χ0n) is 11.0. The summed E-state index contributed by atoms with van der Waals surface area (Å²) in [6, 6.07) is 4.13. The first-order valence-electron chi connectivity index (χ1n) is 6.70. The van der Waals surface area contributed by atoms with Crippen molar-refractivity contribution >= 4 is 11.8 Å². The molecule has 2 aliphatic heterocycles. The van der Waals surface area contributed by atoms with Crippen LogP contribution in [0, 0.1) is 0 Å². The number of esters is 1. The Kier molecular flexibility index (Phi) is 3.14. The first kappa shape index (κ1) is 12.4. The monoisotopic (exact) mass is 262 g/mol. The van der Waals surface area contributed by atoms with E-state index >= 15 is 0 Å². The van der Waals surface area contributed by atoms with Crippen molar-refractivity contribution in [1.82, 2.24) is 4.98 Å². The fraction of sp³-hybridized carbons (Fsp3) is 0.571. The highest BCUT2D eigenvalue weighted by atomic mass is 16.5. The minimum absolute atomic E-state index is 0.197. The van der Waals surface area contributed by atoms with E-state index in [2.05, 4.69) is 9.88 Å². The minimum atomic E-state index is -0.340. The zero-order chi connectivity index (χ0) is 13.4. The van der Waals surface area contributed by atoms with Crippen molar-refractivity contribution in [1.29, 1.82) is 0 Å². The number of nitrogens with zero attached hydrogens (tertiary/aromatic N) is 2. The van der Waals surface area contributed by atoms with Crippen molar-refractivity contribution in [2.75, 3.05) is 12.0 Å². The Hall–Kier alpha value is -1.62. The van der Waals surface area contributed by atoms with Crippen molar-refractivity contribution < 1.29 is 14.6 Å². The van der Waals surface area contributed by atoms with Crippen molar-refractivity contribution in [3.63, 3.8) is 0 Å². The van der Waals surface area contributed by atoms with E-state index in [0.717, 1.165) is 31.5 Å². The van der Waals surface area contributed by atoms with E-state index in [9.17, 15) is 9.90 Å². The summed E-state index contributed by atoms with van der Waals surface area (Å²) < 4.78 is 4.74. The van der Waals surface area contributed by atoms with E-state index in [1.807, 2.05) is 0 Å². The standard InChI is InChI=1S/C14H18N2O3/c1-19-14(18)9-4-5-15-13(6-9)16-10-2-3-11(16)8-12(17)7-10/h4-6,10-12,17H,2-3,7-8H2,1H3. The Labute approximate surface area is 112 Å². The Morgan fingerprint density at radius 2 is 2.11 bits per heavy atom. The lowest BCUT2D eigenvalue weighted by atomic mass is 10.00. The topological polar surface area (TPSA) is 62.7 Å². The molecule has 3 rings (SSSR count). The van der Waals surface area contributed by atoms with Crippen LogP contribution in [0.4, 0.5) is 5.82 Å². The molecule has 5 heteroatoms. The van der Waals surface area contributed by atoms with Gasteiger partial charge in [-0.1, -0.05) is 0 Å². The van der Waals surface area contributed by atoms with Gasteiger partial charge in [0.2, 0.25) is 0 Å². The van der Waals surface area contributed by atoms with Gasteiger partial charge in [-0.2, -0.15) is 0 Å². The molecule has 2 saturated heterocycles. The van der Waals surface area contributed by atoms with Crippen molar-refractivity contribution in [2.24, 2.45) is 0 Å². The highest BCUT2D eigenvalue weighted by Gasteiger charge is 2.40. The number of fused-ring (bicyclic) bond motifs is 2. The number of carbonyl (C=O) groups is 1. The van der Waals surface area contributed by atoms with Crippen LogP contribution in [0.3, 0.4) is 0 Å². The number of aliphatic hydroxyl groups is 1. The minimum Gasteiger partial charge on any atom is -0.465 e. The number of piperidine rings is 1. The summed E-state index contributed by atoms with van der Waals surface area (Å²) in [6.45, 7) is 0. The Bertz CT molecular complexity index is 477. The predicted octanol–water partition coefficient (Wildman–Crippen LogP) is 1.36. The van der Waals surface area contributed by atoms with E-state index in [1.54, 1.807) is 18.3 Å². The SMILES string of the molecule is COC(=O)c1ccnc(N2C3CCC2CC(O)C3)c1. The Balaban J connectivity index is 1.89. The van der Waals surface area contributed by atoms with E-state index in [-0.39, 0.29) is 12.1 Å². The largest absolute Gasteiger partial charge is 0.465 e. The second kappa shape index (κ2) is 4.81. The molecule has 0 aromatic carbocycles. The first-order valence-corrected chi connectivity index (χ1v) is 6.70. The summed E-state index contributed by atoms with van der Waals surface area (Å²) in [5.74, 6) is 0.482. The molecule has 0 spiro atoms. The summed E-state index contributed by atoms with van der Waals surface area (Å²) in [4.78, 5) is 18.2. The molecule has 0 amide bonds. The normalized spacial score (nSPS) is 29.4. The number of hydrogen-bond donors (Lipinski definition) is 1. The van der Waals surface area contributed by atoms with Gasteiger partial charge in [0.05, 0.1) is 18.8 Å². The van der Waals surface area contributed by atoms with Gasteiger partial charge in [0.1, 0.15) is 5.82 Å². The maximum Gasteiger partial charge on any atom is 0.338 e. The number of carbonyl (C=O) groups excluding carboxylic acids is 1. The molecule has 1 aromatic rings. The molecule has 2 bridgehead atoms. The van der Waals surface area contributed by atoms with Crippen molar-refractivity contribution in [3.05, 3.63) is 23.9 Å². The molecule has 0 radical (unpaired) electrons. The third-order valence-corrected chi connectivity index (χ3v) is 4.14. The third-order valence-electron chi connectivity index (χ3n) is 4.14. The van der Waals surface area contributed by atoms with Crippen LogP contribution >= 0.6 is 0 Å². The Morgan fingerprint density at radius 1 is 1.42 bits per heavy atom. The fourth-order valence-corrected chi connectivity index (χ4v) is 3.33. The van der Waals surface area contributed by atoms with Crippen LogP contribution < -0.4 is 4.90 Å². The number of pyridine rings is 1. The summed E-state index contributed by atoms with van der Waals surface area (Å²) in [7, 11) is 1.38. The van der Waals surface area contributed by atoms with E-state index < -0.39 is 0 Å². The van der Waals surface area contributed by atoms with Gasteiger partial charge in [-0.25, -0.2) is 9.78 Å². The molecule has 5 nitrogen and oxygen atoms in total. The van der Waals surface area contributed by atoms with Gasteiger partial charge >= 0.3 is 5.97 Å². The summed E-state index contributed by atoms with van der Waals surface area (Å²) in [5, 5.41) is 9.81. The predicted molar refractivity (Wildman–Crippen MR) is 70.1 cm³/mol. The van der Waals surface area contributed by atoms with Crippen LogP contribution in [0.2, 0.25) is 0 Å². The molecule has 102 valence electrons. The van der Waals surface area contributed by atoms with Crippen LogP contribution in [-0.2, 0) is 4.74 Å². The molecule has 3 heterocycles. The van der Waals surface area contributed by atoms with E-state index in [4.69, 9.17) is 4.74 Å². The van der Waals surface area contributed by atoms with Gasteiger partial charge in [0.25, 0.3) is 0 Å². The average molecular weight is 262 g/mol. The van der Waals surface area contributed by atoms with Crippen LogP contribution in [0.5, 0.6) is 0 Å². The van der Waals surface area contributed by atoms with Crippen LogP contribution in [-0.4, -0.2) is 41.4 Å². The second-order valence-electron chi connectivity index (χ2n) is 5.31. The highest BCUT2D eigenvalue weighted by molar-refractivity contribution is 5.90. The molecule has 2 atom stereocenters. The van der Waals surface area contributed by atoms with Gasteiger partial charge in [0.15, 0.2) is 0 Å². The molecule has 19 heavy (non-hydrogen) atoms. The molecular formula is C14H18N2O3. The number of ether oxygens (including phenoxy) is 1. The second-order valence-corrected chi connectivity index (χ2v) is 5.31. The van der Waals surface area contributed by atoms with Crippen LogP contribution in [0.1, 0.15) is 36.0 Å². The zero-order valence-corrected chi connectivity index (χ0v) is 11.0. The molecular weight excluding hydrogens is 244 g/mol. The number of hydrogen-bond acceptors (Lipinski definition) is 5.